The Balaban J connectivity index is 1.40. The fourth-order valence-electron chi connectivity index (χ4n) is 3.28. The van der Waals surface area contributed by atoms with E-state index in [-0.39, 0.29) is 6.79 Å². The molecule has 0 fully saturated rings. The number of anilines is 2. The summed E-state index contributed by atoms with van der Waals surface area (Å²) in [6, 6.07) is 21.8. The van der Waals surface area contributed by atoms with E-state index in [1.165, 1.54) is 0 Å². The molecule has 2 heterocycles. The second-order valence-electron chi connectivity index (χ2n) is 6.69. The number of nitriles is 1. The first kappa shape index (κ1) is 17.0. The highest BCUT2D eigenvalue weighted by molar-refractivity contribution is 5.85. The number of ether oxygens (including phenoxy) is 2. The first-order valence-electron chi connectivity index (χ1n) is 9.18. The molecule has 0 unspecified atom stereocenters. The van der Waals surface area contributed by atoms with Crippen LogP contribution in [0.25, 0.3) is 22.0 Å². The van der Waals surface area contributed by atoms with Crippen LogP contribution < -0.4 is 14.8 Å². The summed E-state index contributed by atoms with van der Waals surface area (Å²) in [5.41, 5.74) is 4.83. The van der Waals surface area contributed by atoms with Gasteiger partial charge in [-0.1, -0.05) is 24.3 Å². The van der Waals surface area contributed by atoms with Crippen molar-refractivity contribution in [1.82, 2.24) is 9.97 Å². The lowest BCUT2D eigenvalue weighted by Gasteiger charge is -2.08. The number of benzene rings is 3. The molecule has 0 saturated carbocycles. The number of nitrogens with zero attached hydrogens (tertiary/aromatic N) is 3. The van der Waals surface area contributed by atoms with E-state index in [2.05, 4.69) is 27.4 Å². The molecule has 0 atom stereocenters. The zero-order valence-electron chi connectivity index (χ0n) is 15.4. The molecule has 0 radical (unpaired) electrons. The molecule has 3 aromatic carbocycles. The van der Waals surface area contributed by atoms with Crippen LogP contribution in [0.5, 0.6) is 11.5 Å². The molecular weight excluding hydrogens is 364 g/mol. The predicted molar refractivity (Wildman–Crippen MR) is 110 cm³/mol. The van der Waals surface area contributed by atoms with Crippen LogP contribution in [0.3, 0.4) is 0 Å². The second kappa shape index (κ2) is 7.13. The maximum Gasteiger partial charge on any atom is 0.231 e. The van der Waals surface area contributed by atoms with Crippen LogP contribution in [0.2, 0.25) is 0 Å². The maximum absolute atomic E-state index is 8.76. The normalized spacial score (nSPS) is 12.0. The highest BCUT2D eigenvalue weighted by Crippen LogP contribution is 2.36. The van der Waals surface area contributed by atoms with Gasteiger partial charge in [-0.25, -0.2) is 9.97 Å². The van der Waals surface area contributed by atoms with Crippen molar-refractivity contribution >= 4 is 22.5 Å². The molecule has 1 aromatic heterocycles. The van der Waals surface area contributed by atoms with Crippen molar-refractivity contribution in [3.8, 4) is 28.7 Å². The molecule has 4 aromatic rings. The second-order valence-corrected chi connectivity index (χ2v) is 6.69. The smallest absolute Gasteiger partial charge is 0.231 e. The van der Waals surface area contributed by atoms with Gasteiger partial charge in [-0.3, -0.25) is 0 Å². The van der Waals surface area contributed by atoms with Crippen molar-refractivity contribution in [2.45, 2.75) is 6.42 Å². The number of hydrogen-bond donors (Lipinski definition) is 1. The van der Waals surface area contributed by atoms with Gasteiger partial charge < -0.3 is 14.8 Å². The van der Waals surface area contributed by atoms with Crippen LogP contribution in [0.15, 0.2) is 66.9 Å². The van der Waals surface area contributed by atoms with Gasteiger partial charge in [0.1, 0.15) is 0 Å². The summed E-state index contributed by atoms with van der Waals surface area (Å²) in [5.74, 6) is 2.06. The zero-order chi connectivity index (χ0) is 19.6. The minimum Gasteiger partial charge on any atom is -0.454 e. The Morgan fingerprint density at radius 3 is 2.59 bits per heavy atom. The van der Waals surface area contributed by atoms with E-state index in [1.807, 2.05) is 60.8 Å². The van der Waals surface area contributed by atoms with Crippen LogP contribution in [-0.4, -0.2) is 16.8 Å². The first-order valence-corrected chi connectivity index (χ1v) is 9.18. The fraction of sp³-hybridized carbons (Fsp3) is 0.0870. The third kappa shape index (κ3) is 3.42. The van der Waals surface area contributed by atoms with Crippen molar-refractivity contribution in [3.05, 3.63) is 72.4 Å². The number of rotatable bonds is 4. The monoisotopic (exact) mass is 380 g/mol. The summed E-state index contributed by atoms with van der Waals surface area (Å²) >= 11 is 0. The molecule has 1 N–H and O–H groups in total. The summed E-state index contributed by atoms with van der Waals surface area (Å²) in [6.07, 6.45) is 2.21. The van der Waals surface area contributed by atoms with Crippen molar-refractivity contribution in [2.75, 3.05) is 12.1 Å². The first-order chi connectivity index (χ1) is 14.3. The summed E-state index contributed by atoms with van der Waals surface area (Å²) in [6.45, 7) is 0.265. The zero-order valence-corrected chi connectivity index (χ0v) is 15.4. The van der Waals surface area contributed by atoms with Gasteiger partial charge in [0.05, 0.1) is 18.0 Å². The van der Waals surface area contributed by atoms with Gasteiger partial charge in [0.25, 0.3) is 0 Å². The lowest BCUT2D eigenvalue weighted by atomic mass is 10.0. The summed E-state index contributed by atoms with van der Waals surface area (Å²) < 4.78 is 10.8. The van der Waals surface area contributed by atoms with Gasteiger partial charge in [0, 0.05) is 17.3 Å². The van der Waals surface area contributed by atoms with Gasteiger partial charge in [-0.15, -0.1) is 0 Å². The SMILES string of the molecule is N#CCc1ccc(Nc2ncc3cc(-c4ccc5c(c4)OCO5)ccc3n2)cc1. The molecule has 0 spiro atoms. The average Bonchev–Trinajstić information content (AvgIpc) is 3.23. The van der Waals surface area contributed by atoms with Crippen LogP contribution in [0, 0.1) is 11.3 Å². The molecule has 0 saturated heterocycles. The largest absolute Gasteiger partial charge is 0.454 e. The maximum atomic E-state index is 8.76. The highest BCUT2D eigenvalue weighted by Gasteiger charge is 2.14. The van der Waals surface area contributed by atoms with Crippen LogP contribution >= 0.6 is 0 Å². The molecule has 1 aliphatic rings. The summed E-state index contributed by atoms with van der Waals surface area (Å²) in [5, 5.41) is 12.9. The van der Waals surface area contributed by atoms with Gasteiger partial charge >= 0.3 is 0 Å². The molecule has 6 heteroatoms. The van der Waals surface area contributed by atoms with Crippen molar-refractivity contribution in [3.63, 3.8) is 0 Å². The molecule has 6 nitrogen and oxygen atoms in total. The van der Waals surface area contributed by atoms with Gasteiger partial charge in [-0.2, -0.15) is 5.26 Å². The number of fused-ring (bicyclic) bond motifs is 2. The lowest BCUT2D eigenvalue weighted by Crippen LogP contribution is -1.97. The Kier molecular flexibility index (Phi) is 4.19. The van der Waals surface area contributed by atoms with E-state index in [0.717, 1.165) is 44.8 Å². The summed E-state index contributed by atoms with van der Waals surface area (Å²) in [4.78, 5) is 9.04. The van der Waals surface area contributed by atoms with E-state index in [0.29, 0.717) is 12.4 Å². The third-order valence-electron chi connectivity index (χ3n) is 4.78. The molecule has 0 bridgehead atoms. The molecule has 5 rings (SSSR count). The van der Waals surface area contributed by atoms with Crippen LogP contribution in [0.1, 0.15) is 5.56 Å². The van der Waals surface area contributed by atoms with Crippen molar-refractivity contribution in [1.29, 1.82) is 5.26 Å². The van der Waals surface area contributed by atoms with Crippen LogP contribution in [0.4, 0.5) is 11.6 Å². The highest BCUT2D eigenvalue weighted by atomic mass is 16.7. The van der Waals surface area contributed by atoms with Gasteiger partial charge in [-0.05, 0) is 53.1 Å². The van der Waals surface area contributed by atoms with Crippen LogP contribution in [-0.2, 0) is 6.42 Å². The Morgan fingerprint density at radius 1 is 0.931 bits per heavy atom. The Morgan fingerprint density at radius 2 is 1.72 bits per heavy atom. The Labute approximate surface area is 167 Å². The average molecular weight is 380 g/mol. The predicted octanol–water partition coefficient (Wildman–Crippen LogP) is 4.84. The standard InChI is InChI=1S/C23H16N4O2/c24-10-9-15-1-5-19(6-2-15)26-23-25-13-18-11-16(3-7-20(18)27-23)17-4-8-21-22(12-17)29-14-28-21/h1-8,11-13H,9,14H2,(H,25,26,27). The Hall–Kier alpha value is -4.11. The Bertz CT molecular complexity index is 1250. The van der Waals surface area contributed by atoms with E-state index in [1.54, 1.807) is 0 Å². The minimum atomic E-state index is 0.265. The van der Waals surface area contributed by atoms with E-state index < -0.39 is 0 Å². The molecule has 1 aliphatic heterocycles. The molecule has 0 amide bonds. The minimum absolute atomic E-state index is 0.265. The molecular formula is C23H16N4O2. The van der Waals surface area contributed by atoms with E-state index in [9.17, 15) is 0 Å². The number of nitrogens with one attached hydrogen (secondary N) is 1. The van der Waals surface area contributed by atoms with Crippen molar-refractivity contribution in [2.24, 2.45) is 0 Å². The summed E-state index contributed by atoms with van der Waals surface area (Å²) in [7, 11) is 0. The number of aromatic nitrogens is 2. The third-order valence-corrected chi connectivity index (χ3v) is 4.78. The lowest BCUT2D eigenvalue weighted by molar-refractivity contribution is 0.174. The number of hydrogen-bond acceptors (Lipinski definition) is 6. The quantitative estimate of drug-likeness (QED) is 0.546. The molecule has 29 heavy (non-hydrogen) atoms. The van der Waals surface area contributed by atoms with Crippen molar-refractivity contribution < 1.29 is 9.47 Å². The van der Waals surface area contributed by atoms with E-state index in [4.69, 9.17) is 14.7 Å². The van der Waals surface area contributed by atoms with Gasteiger partial charge in [0.2, 0.25) is 12.7 Å². The molecule has 140 valence electrons. The topological polar surface area (TPSA) is 80.1 Å². The fourth-order valence-corrected chi connectivity index (χ4v) is 3.28. The van der Waals surface area contributed by atoms with E-state index >= 15 is 0 Å². The van der Waals surface area contributed by atoms with Gasteiger partial charge in [0.15, 0.2) is 11.5 Å². The molecule has 0 aliphatic carbocycles.